The van der Waals surface area contributed by atoms with E-state index < -0.39 is 12.0 Å². The molecule has 0 aliphatic heterocycles. The third kappa shape index (κ3) is 4.69. The van der Waals surface area contributed by atoms with Crippen LogP contribution in [0.1, 0.15) is 43.2 Å². The Labute approximate surface area is 113 Å². The van der Waals surface area contributed by atoms with E-state index in [-0.39, 0.29) is 17.7 Å². The Morgan fingerprint density at radius 3 is 2.42 bits per heavy atom. The van der Waals surface area contributed by atoms with E-state index in [0.717, 1.165) is 5.69 Å². The van der Waals surface area contributed by atoms with Gasteiger partial charge in [-0.1, -0.05) is 20.8 Å². The van der Waals surface area contributed by atoms with Crippen LogP contribution in [-0.2, 0) is 4.79 Å². The third-order valence-corrected chi connectivity index (χ3v) is 2.90. The number of carboxylic acid groups (broad SMARTS) is 1. The van der Waals surface area contributed by atoms with Crippen molar-refractivity contribution in [2.24, 2.45) is 5.41 Å². The monoisotopic (exact) mass is 264 g/mol. The highest BCUT2D eigenvalue weighted by atomic mass is 16.4. The van der Waals surface area contributed by atoms with E-state index in [2.05, 4.69) is 10.3 Å². The van der Waals surface area contributed by atoms with Crippen LogP contribution >= 0.6 is 0 Å². The van der Waals surface area contributed by atoms with Crippen LogP contribution in [0, 0.1) is 12.3 Å². The van der Waals surface area contributed by atoms with E-state index in [1.54, 1.807) is 12.1 Å². The van der Waals surface area contributed by atoms with Crippen LogP contribution in [-0.4, -0.2) is 28.0 Å². The molecule has 0 saturated carbocycles. The summed E-state index contributed by atoms with van der Waals surface area (Å²) in [6.45, 7) is 7.53. The minimum Gasteiger partial charge on any atom is -0.481 e. The van der Waals surface area contributed by atoms with Gasteiger partial charge in [-0.05, 0) is 24.5 Å². The summed E-state index contributed by atoms with van der Waals surface area (Å²) in [7, 11) is 0. The van der Waals surface area contributed by atoms with Gasteiger partial charge >= 0.3 is 5.97 Å². The molecule has 5 nitrogen and oxygen atoms in total. The lowest BCUT2D eigenvalue weighted by atomic mass is 9.84. The third-order valence-electron chi connectivity index (χ3n) is 2.90. The number of aromatic nitrogens is 1. The van der Waals surface area contributed by atoms with Crippen molar-refractivity contribution in [3.8, 4) is 0 Å². The quantitative estimate of drug-likeness (QED) is 0.871. The first kappa shape index (κ1) is 15.1. The van der Waals surface area contributed by atoms with Crippen LogP contribution in [0.4, 0.5) is 0 Å². The molecule has 0 aliphatic carbocycles. The fraction of sp³-hybridized carbons (Fsp3) is 0.500. The second-order valence-corrected chi connectivity index (χ2v) is 5.68. The maximum Gasteiger partial charge on any atom is 0.305 e. The van der Waals surface area contributed by atoms with Crippen LogP contribution in [0.3, 0.4) is 0 Å². The molecule has 104 valence electrons. The molecule has 1 aromatic heterocycles. The van der Waals surface area contributed by atoms with Gasteiger partial charge in [-0.15, -0.1) is 0 Å². The van der Waals surface area contributed by atoms with Crippen molar-refractivity contribution in [3.63, 3.8) is 0 Å². The van der Waals surface area contributed by atoms with Gasteiger partial charge in [0.15, 0.2) is 0 Å². The van der Waals surface area contributed by atoms with Gasteiger partial charge in [0.05, 0.1) is 12.0 Å². The van der Waals surface area contributed by atoms with Crippen LogP contribution in [0.15, 0.2) is 18.3 Å². The van der Waals surface area contributed by atoms with Gasteiger partial charge in [-0.25, -0.2) is 0 Å². The SMILES string of the molecule is Cc1ccc(C(=O)NC(CC(=O)O)C(C)(C)C)cn1. The highest BCUT2D eigenvalue weighted by Gasteiger charge is 2.28. The zero-order chi connectivity index (χ0) is 14.6. The van der Waals surface area contributed by atoms with Gasteiger partial charge in [-0.3, -0.25) is 14.6 Å². The lowest BCUT2D eigenvalue weighted by Crippen LogP contribution is -2.45. The largest absolute Gasteiger partial charge is 0.481 e. The van der Waals surface area contributed by atoms with Crippen molar-refractivity contribution < 1.29 is 14.7 Å². The topological polar surface area (TPSA) is 79.3 Å². The average molecular weight is 264 g/mol. The predicted molar refractivity (Wildman–Crippen MR) is 71.9 cm³/mol. The normalized spacial score (nSPS) is 12.8. The van der Waals surface area contributed by atoms with E-state index in [4.69, 9.17) is 5.11 Å². The summed E-state index contributed by atoms with van der Waals surface area (Å²) < 4.78 is 0. The van der Waals surface area contributed by atoms with Crippen molar-refractivity contribution in [1.82, 2.24) is 10.3 Å². The van der Waals surface area contributed by atoms with Gasteiger partial charge in [0.25, 0.3) is 5.91 Å². The molecular weight excluding hydrogens is 244 g/mol. The Morgan fingerprint density at radius 1 is 1.37 bits per heavy atom. The standard InChI is InChI=1S/C14H20N2O3/c1-9-5-6-10(8-15-9)13(19)16-11(7-12(17)18)14(2,3)4/h5-6,8,11H,7H2,1-4H3,(H,16,19)(H,17,18). The van der Waals surface area contributed by atoms with Gasteiger partial charge in [-0.2, -0.15) is 0 Å². The first-order valence-corrected chi connectivity index (χ1v) is 6.15. The van der Waals surface area contributed by atoms with Gasteiger partial charge in [0.2, 0.25) is 0 Å². The number of pyridine rings is 1. The van der Waals surface area contributed by atoms with Crippen LogP contribution in [0.25, 0.3) is 0 Å². The predicted octanol–water partition coefficient (Wildman–Crippen LogP) is 2.01. The molecule has 0 fully saturated rings. The van der Waals surface area contributed by atoms with E-state index in [9.17, 15) is 9.59 Å². The number of hydrogen-bond acceptors (Lipinski definition) is 3. The summed E-state index contributed by atoms with van der Waals surface area (Å²) in [5.41, 5.74) is 0.936. The molecule has 0 saturated heterocycles. The maximum atomic E-state index is 12.1. The van der Waals surface area contributed by atoms with Crippen molar-refractivity contribution >= 4 is 11.9 Å². The molecule has 1 rings (SSSR count). The molecule has 0 spiro atoms. The van der Waals surface area contributed by atoms with Crippen molar-refractivity contribution in [2.45, 2.75) is 40.2 Å². The van der Waals surface area contributed by atoms with Gasteiger partial charge in [0, 0.05) is 17.9 Å². The number of carbonyl (C=O) groups excluding carboxylic acids is 1. The van der Waals surface area contributed by atoms with Crippen LogP contribution < -0.4 is 5.32 Å². The molecule has 1 amide bonds. The molecule has 19 heavy (non-hydrogen) atoms. The average Bonchev–Trinajstić information content (AvgIpc) is 2.27. The first-order chi connectivity index (χ1) is 8.70. The zero-order valence-corrected chi connectivity index (χ0v) is 11.7. The molecule has 0 aromatic carbocycles. The second kappa shape index (κ2) is 5.82. The number of hydrogen-bond donors (Lipinski definition) is 2. The smallest absolute Gasteiger partial charge is 0.305 e. The minimum absolute atomic E-state index is 0.103. The van der Waals surface area contributed by atoms with Crippen molar-refractivity contribution in [2.75, 3.05) is 0 Å². The van der Waals surface area contributed by atoms with E-state index in [1.807, 2.05) is 27.7 Å². The number of carboxylic acids is 1. The van der Waals surface area contributed by atoms with Gasteiger partial charge < -0.3 is 10.4 Å². The number of nitrogens with one attached hydrogen (secondary N) is 1. The number of rotatable bonds is 4. The Balaban J connectivity index is 2.81. The number of aryl methyl sites for hydroxylation is 1. The lowest BCUT2D eigenvalue weighted by Gasteiger charge is -2.30. The molecule has 5 heteroatoms. The van der Waals surface area contributed by atoms with E-state index >= 15 is 0 Å². The number of carbonyl (C=O) groups is 2. The summed E-state index contributed by atoms with van der Waals surface area (Å²) in [5, 5.41) is 11.7. The summed E-state index contributed by atoms with van der Waals surface area (Å²) in [5.74, 6) is -1.23. The highest BCUT2D eigenvalue weighted by Crippen LogP contribution is 2.22. The van der Waals surface area contributed by atoms with Crippen LogP contribution in [0.5, 0.6) is 0 Å². The summed E-state index contributed by atoms with van der Waals surface area (Å²) >= 11 is 0. The van der Waals surface area contributed by atoms with Crippen molar-refractivity contribution in [1.29, 1.82) is 0 Å². The summed E-state index contributed by atoms with van der Waals surface area (Å²) in [6.07, 6.45) is 1.39. The fourth-order valence-electron chi connectivity index (χ4n) is 1.59. The first-order valence-electron chi connectivity index (χ1n) is 6.15. The number of nitrogens with zero attached hydrogens (tertiary/aromatic N) is 1. The lowest BCUT2D eigenvalue weighted by molar-refractivity contribution is -0.138. The summed E-state index contributed by atoms with van der Waals surface area (Å²) in [4.78, 5) is 27.0. The molecule has 0 radical (unpaired) electrons. The molecule has 0 aliphatic rings. The van der Waals surface area contributed by atoms with E-state index in [1.165, 1.54) is 6.20 Å². The molecule has 1 aromatic rings. The Hall–Kier alpha value is -1.91. The number of amides is 1. The fourth-order valence-corrected chi connectivity index (χ4v) is 1.59. The number of aliphatic carboxylic acids is 1. The van der Waals surface area contributed by atoms with E-state index in [0.29, 0.717) is 5.56 Å². The maximum absolute atomic E-state index is 12.1. The Morgan fingerprint density at radius 2 is 2.00 bits per heavy atom. The Bertz CT molecular complexity index is 461. The molecule has 0 bridgehead atoms. The van der Waals surface area contributed by atoms with Gasteiger partial charge in [0.1, 0.15) is 0 Å². The summed E-state index contributed by atoms with van der Waals surface area (Å²) in [6, 6.07) is 3.00. The highest BCUT2D eigenvalue weighted by molar-refractivity contribution is 5.94. The minimum atomic E-state index is -0.928. The second-order valence-electron chi connectivity index (χ2n) is 5.68. The Kier molecular flexibility index (Phi) is 4.64. The molecular formula is C14H20N2O3. The zero-order valence-electron chi connectivity index (χ0n) is 11.7. The van der Waals surface area contributed by atoms with Crippen molar-refractivity contribution in [3.05, 3.63) is 29.6 Å². The molecule has 2 N–H and O–H groups in total. The molecule has 1 unspecified atom stereocenters. The molecule has 1 heterocycles. The van der Waals surface area contributed by atoms with Crippen LogP contribution in [0.2, 0.25) is 0 Å². The molecule has 1 atom stereocenters.